The molecule has 0 aromatic heterocycles. The molecule has 0 aliphatic carbocycles. The Bertz CT molecular complexity index is 288. The van der Waals surface area contributed by atoms with Crippen LogP contribution < -0.4 is 0 Å². The van der Waals surface area contributed by atoms with Crippen LogP contribution >= 0.6 is 36.7 Å². The highest BCUT2D eigenvalue weighted by Crippen LogP contribution is 2.16. The summed E-state index contributed by atoms with van der Waals surface area (Å²) in [6.07, 6.45) is 3.53. The second-order valence-electron chi connectivity index (χ2n) is 3.50. The third kappa shape index (κ3) is 2.71. The second-order valence-corrected chi connectivity index (χ2v) is 4.63. The van der Waals surface area contributed by atoms with Crippen molar-refractivity contribution >= 4 is 51.7 Å². The first kappa shape index (κ1) is 12.9. The van der Waals surface area contributed by atoms with Gasteiger partial charge in [-0.25, -0.2) is 0 Å². The molecule has 1 saturated heterocycles. The summed E-state index contributed by atoms with van der Waals surface area (Å²) in [6, 6.07) is 0. The lowest BCUT2D eigenvalue weighted by molar-refractivity contribution is 0.534. The molecule has 0 amide bonds. The number of nitrogens with zero attached hydrogens (tertiary/aromatic N) is 2. The Morgan fingerprint density at radius 2 is 1.53 bits per heavy atom. The Kier molecular flexibility index (Phi) is 5.02. The molecule has 1 aliphatic heterocycles. The van der Waals surface area contributed by atoms with Crippen LogP contribution in [0.3, 0.4) is 0 Å². The zero-order valence-corrected chi connectivity index (χ0v) is 11.6. The van der Waals surface area contributed by atoms with Crippen molar-refractivity contribution in [3.05, 3.63) is 0 Å². The summed E-state index contributed by atoms with van der Waals surface area (Å²) in [5.41, 5.74) is 0. The molecule has 2 nitrogen and oxygen atoms in total. The minimum atomic E-state index is 0.717. The average molecular weight is 260 g/mol. The van der Waals surface area contributed by atoms with E-state index < -0.39 is 0 Å². The zero-order valence-electron chi connectivity index (χ0n) is 9.15. The van der Waals surface area contributed by atoms with Crippen molar-refractivity contribution in [2.24, 2.45) is 0 Å². The van der Waals surface area contributed by atoms with E-state index in [1.165, 1.54) is 12.8 Å². The highest BCUT2D eigenvalue weighted by atomic mass is 32.1. The molecule has 5 heteroatoms. The molecule has 0 spiro atoms. The summed E-state index contributed by atoms with van der Waals surface area (Å²) in [5, 5.41) is 0.781. The molecule has 0 aromatic rings. The number of rotatable bonds is 5. The molecular weight excluding hydrogens is 244 g/mol. The quantitative estimate of drug-likeness (QED) is 0.552. The number of thiocarbonyl (C=S) groups is 3. The van der Waals surface area contributed by atoms with Gasteiger partial charge < -0.3 is 9.80 Å². The Hall–Kier alpha value is -0.130. The largest absolute Gasteiger partial charge is 0.307 e. The fourth-order valence-corrected chi connectivity index (χ4v) is 2.68. The van der Waals surface area contributed by atoms with Crippen molar-refractivity contribution in [3.8, 4) is 0 Å². The molecule has 0 N–H and O–H groups in total. The maximum absolute atomic E-state index is 5.34. The maximum atomic E-state index is 5.34. The van der Waals surface area contributed by atoms with Gasteiger partial charge in [0, 0.05) is 13.1 Å². The van der Waals surface area contributed by atoms with E-state index in [4.69, 9.17) is 36.7 Å². The fourth-order valence-electron chi connectivity index (χ4n) is 1.55. The second kappa shape index (κ2) is 5.82. The Morgan fingerprint density at radius 3 is 2.00 bits per heavy atom. The lowest BCUT2D eigenvalue weighted by Gasteiger charge is -2.18. The van der Waals surface area contributed by atoms with Crippen molar-refractivity contribution in [2.45, 2.75) is 33.1 Å². The van der Waals surface area contributed by atoms with Gasteiger partial charge in [-0.2, -0.15) is 0 Å². The minimum Gasteiger partial charge on any atom is -0.307 e. The van der Waals surface area contributed by atoms with Crippen LogP contribution in [0.15, 0.2) is 0 Å². The molecule has 1 fully saturated rings. The molecule has 0 unspecified atom stereocenters. The van der Waals surface area contributed by atoms with E-state index >= 15 is 0 Å². The normalized spacial score (nSPS) is 16.8. The fraction of sp³-hybridized carbons (Fsp3) is 0.700. The van der Waals surface area contributed by atoms with E-state index in [1.54, 1.807) is 0 Å². The molecule has 1 heterocycles. The summed E-state index contributed by atoms with van der Waals surface area (Å²) in [5.74, 6) is 0. The van der Waals surface area contributed by atoms with Crippen molar-refractivity contribution in [1.82, 2.24) is 9.80 Å². The molecule has 0 saturated carbocycles. The van der Waals surface area contributed by atoms with Gasteiger partial charge in [-0.3, -0.25) is 0 Å². The number of hydrogen-bond acceptors (Lipinski definition) is 3. The number of likely N-dealkylation sites (N-methyl/N-ethyl adjacent to an activating group) is 1. The van der Waals surface area contributed by atoms with Crippen molar-refractivity contribution < 1.29 is 0 Å². The van der Waals surface area contributed by atoms with Gasteiger partial charge in [-0.1, -0.05) is 44.2 Å². The van der Waals surface area contributed by atoms with Crippen LogP contribution in [0.25, 0.3) is 0 Å². The topological polar surface area (TPSA) is 6.48 Å². The van der Waals surface area contributed by atoms with E-state index in [9.17, 15) is 0 Å². The Balaban J connectivity index is 2.62. The van der Waals surface area contributed by atoms with Gasteiger partial charge in [0.15, 0.2) is 5.11 Å². The third-order valence-corrected chi connectivity index (χ3v) is 3.83. The highest BCUT2D eigenvalue weighted by Gasteiger charge is 2.33. The molecule has 0 bridgehead atoms. The smallest absolute Gasteiger partial charge is 0.182 e. The van der Waals surface area contributed by atoms with E-state index in [0.29, 0.717) is 4.99 Å². The maximum Gasteiger partial charge on any atom is 0.182 e. The van der Waals surface area contributed by atoms with Crippen LogP contribution in [0.2, 0.25) is 0 Å². The van der Waals surface area contributed by atoms with Crippen LogP contribution in [0.1, 0.15) is 33.1 Å². The molecule has 0 aromatic carbocycles. The minimum absolute atomic E-state index is 0.717. The highest BCUT2D eigenvalue weighted by molar-refractivity contribution is 7.90. The van der Waals surface area contributed by atoms with E-state index in [1.807, 2.05) is 16.7 Å². The van der Waals surface area contributed by atoms with E-state index in [2.05, 4.69) is 6.92 Å². The first-order valence-electron chi connectivity index (χ1n) is 5.30. The van der Waals surface area contributed by atoms with Crippen LogP contribution in [0.4, 0.5) is 0 Å². The first-order chi connectivity index (χ1) is 7.13. The van der Waals surface area contributed by atoms with Crippen molar-refractivity contribution in [3.63, 3.8) is 0 Å². The Morgan fingerprint density at radius 1 is 0.933 bits per heavy atom. The summed E-state index contributed by atoms with van der Waals surface area (Å²) in [4.78, 5) is 5.37. The van der Waals surface area contributed by atoms with Crippen LogP contribution in [-0.4, -0.2) is 38.0 Å². The van der Waals surface area contributed by atoms with Crippen molar-refractivity contribution in [2.75, 3.05) is 13.1 Å². The zero-order chi connectivity index (χ0) is 11.4. The van der Waals surface area contributed by atoms with E-state index in [-0.39, 0.29) is 0 Å². The predicted octanol–water partition coefficient (Wildman–Crippen LogP) is 2.75. The third-order valence-electron chi connectivity index (χ3n) is 2.44. The molecule has 84 valence electrons. The monoisotopic (exact) mass is 260 g/mol. The number of unbranched alkanes of at least 4 members (excludes halogenated alkanes) is 2. The van der Waals surface area contributed by atoms with Gasteiger partial charge in [0.2, 0.25) is 0 Å². The molecular formula is C10H16N2S3. The molecule has 1 aliphatic rings. The van der Waals surface area contributed by atoms with Gasteiger partial charge in [0.1, 0.15) is 9.98 Å². The number of hydrogen-bond donors (Lipinski definition) is 0. The molecule has 15 heavy (non-hydrogen) atoms. The summed E-state index contributed by atoms with van der Waals surface area (Å²) in [6.45, 7) is 5.94. The molecule has 1 rings (SSSR count). The summed E-state index contributed by atoms with van der Waals surface area (Å²) >= 11 is 15.9. The van der Waals surface area contributed by atoms with Gasteiger partial charge in [0.25, 0.3) is 0 Å². The first-order valence-corrected chi connectivity index (χ1v) is 6.53. The van der Waals surface area contributed by atoms with Crippen LogP contribution in [0.5, 0.6) is 0 Å². The Labute approximate surface area is 108 Å². The van der Waals surface area contributed by atoms with Crippen LogP contribution in [0, 0.1) is 0 Å². The lowest BCUT2D eigenvalue weighted by atomic mass is 10.2. The van der Waals surface area contributed by atoms with Crippen LogP contribution in [-0.2, 0) is 0 Å². The van der Waals surface area contributed by atoms with Crippen molar-refractivity contribution in [1.29, 1.82) is 0 Å². The lowest BCUT2D eigenvalue weighted by Crippen LogP contribution is -2.33. The van der Waals surface area contributed by atoms with Gasteiger partial charge in [0.05, 0.1) is 0 Å². The van der Waals surface area contributed by atoms with Gasteiger partial charge in [-0.05, 0) is 25.6 Å². The van der Waals surface area contributed by atoms with Gasteiger partial charge >= 0.3 is 0 Å². The summed E-state index contributed by atoms with van der Waals surface area (Å²) in [7, 11) is 0. The predicted molar refractivity (Wildman–Crippen MR) is 76.4 cm³/mol. The molecule has 0 radical (unpaired) electrons. The average Bonchev–Trinajstić information content (AvgIpc) is 2.42. The summed E-state index contributed by atoms with van der Waals surface area (Å²) < 4.78 is 0. The standard InChI is InChI=1S/C10H16N2S3/c1-3-5-6-7-12-9(14)8(13)11(4-2)10(12)15/h3-7H2,1-2H3. The van der Waals surface area contributed by atoms with E-state index in [0.717, 1.165) is 29.6 Å². The van der Waals surface area contributed by atoms with Gasteiger partial charge in [-0.15, -0.1) is 0 Å². The molecule has 0 atom stereocenters. The SMILES string of the molecule is CCCCCN1C(=S)C(=S)N(CC)C1=S.